The van der Waals surface area contributed by atoms with E-state index in [1.807, 2.05) is 11.4 Å². The molecule has 1 aromatic heterocycles. The van der Waals surface area contributed by atoms with Gasteiger partial charge >= 0.3 is 0 Å². The van der Waals surface area contributed by atoms with Crippen LogP contribution in [0.25, 0.3) is 0 Å². The summed E-state index contributed by atoms with van der Waals surface area (Å²) in [5.41, 5.74) is 5.73. The van der Waals surface area contributed by atoms with Gasteiger partial charge in [-0.15, -0.1) is 11.3 Å². The lowest BCUT2D eigenvalue weighted by atomic mass is 10.2. The predicted molar refractivity (Wildman–Crippen MR) is 54.2 cm³/mol. The van der Waals surface area contributed by atoms with Crippen LogP contribution in [-0.2, 0) is 0 Å². The molecule has 2 nitrogen and oxygen atoms in total. The average molecular weight is 278 g/mol. The molecule has 0 amide bonds. The van der Waals surface area contributed by atoms with Crippen LogP contribution in [0.3, 0.4) is 0 Å². The van der Waals surface area contributed by atoms with Crippen LogP contribution in [-0.4, -0.2) is 0 Å². The van der Waals surface area contributed by atoms with Gasteiger partial charge in [0.2, 0.25) is 0 Å². The summed E-state index contributed by atoms with van der Waals surface area (Å²) in [6.07, 6.45) is 0.399. The highest BCUT2D eigenvalue weighted by Crippen LogP contribution is 2.25. The number of hydrogen-bond donors (Lipinski definition) is 1. The molecule has 1 atom stereocenters. The van der Waals surface area contributed by atoms with E-state index in [9.17, 15) is 0 Å². The molecule has 0 aromatic carbocycles. The van der Waals surface area contributed by atoms with E-state index in [0.717, 1.165) is 8.45 Å². The molecule has 0 saturated carbocycles. The van der Waals surface area contributed by atoms with Gasteiger partial charge in [-0.3, -0.25) is 0 Å². The standard InChI is InChI=1S/C7H7IN2S/c8-5-2-4-11-7(5)6(10)1-3-9/h2,4,6H,1,10H2. The van der Waals surface area contributed by atoms with Gasteiger partial charge < -0.3 is 5.73 Å². The lowest BCUT2D eigenvalue weighted by Gasteiger charge is -2.03. The van der Waals surface area contributed by atoms with E-state index >= 15 is 0 Å². The number of nitrogens with zero attached hydrogens (tertiary/aromatic N) is 1. The van der Waals surface area contributed by atoms with Crippen LogP contribution in [0, 0.1) is 14.9 Å². The highest BCUT2D eigenvalue weighted by molar-refractivity contribution is 14.1. The zero-order valence-corrected chi connectivity index (χ0v) is 8.72. The molecule has 0 fully saturated rings. The molecule has 0 aliphatic carbocycles. The van der Waals surface area contributed by atoms with Crippen molar-refractivity contribution in [2.45, 2.75) is 12.5 Å². The summed E-state index contributed by atoms with van der Waals surface area (Å²) >= 11 is 3.85. The van der Waals surface area contributed by atoms with Crippen molar-refractivity contribution in [3.8, 4) is 6.07 Å². The minimum absolute atomic E-state index is 0.105. The normalized spacial score (nSPS) is 12.5. The summed E-state index contributed by atoms with van der Waals surface area (Å²) in [6.45, 7) is 0. The third-order valence-corrected chi connectivity index (χ3v) is 3.65. The second-order valence-corrected chi connectivity index (χ2v) is 4.21. The molecule has 0 bridgehead atoms. The Labute approximate surface area is 83.2 Å². The maximum Gasteiger partial charge on any atom is 0.0642 e. The van der Waals surface area contributed by atoms with Crippen LogP contribution in [0.2, 0.25) is 0 Å². The molecule has 0 saturated heterocycles. The number of hydrogen-bond acceptors (Lipinski definition) is 3. The van der Waals surface area contributed by atoms with E-state index in [1.165, 1.54) is 0 Å². The molecule has 0 radical (unpaired) electrons. The Kier molecular flexibility index (Phi) is 3.30. The van der Waals surface area contributed by atoms with Crippen molar-refractivity contribution in [2.75, 3.05) is 0 Å². The number of thiophene rings is 1. The van der Waals surface area contributed by atoms with Crippen molar-refractivity contribution in [1.29, 1.82) is 5.26 Å². The summed E-state index contributed by atoms with van der Waals surface area (Å²) in [5, 5.41) is 10.4. The lowest BCUT2D eigenvalue weighted by Crippen LogP contribution is -2.08. The SMILES string of the molecule is N#CCC(N)c1sccc1I. The maximum absolute atomic E-state index is 8.40. The Hall–Kier alpha value is -0.120. The smallest absolute Gasteiger partial charge is 0.0642 e. The highest BCUT2D eigenvalue weighted by atomic mass is 127. The van der Waals surface area contributed by atoms with Crippen LogP contribution in [0.15, 0.2) is 11.4 Å². The van der Waals surface area contributed by atoms with Crippen LogP contribution in [0.5, 0.6) is 0 Å². The van der Waals surface area contributed by atoms with Gasteiger partial charge in [0, 0.05) is 8.45 Å². The molecule has 2 N–H and O–H groups in total. The molecule has 4 heteroatoms. The Morgan fingerprint density at radius 1 is 1.82 bits per heavy atom. The molecule has 11 heavy (non-hydrogen) atoms. The third-order valence-electron chi connectivity index (χ3n) is 1.29. The number of nitrogens with two attached hydrogens (primary N) is 1. The fourth-order valence-electron chi connectivity index (χ4n) is 0.761. The van der Waals surface area contributed by atoms with Gasteiger partial charge in [0.25, 0.3) is 0 Å². The van der Waals surface area contributed by atoms with Crippen LogP contribution in [0.1, 0.15) is 17.3 Å². The molecular formula is C7H7IN2S. The maximum atomic E-state index is 8.40. The molecular weight excluding hydrogens is 271 g/mol. The topological polar surface area (TPSA) is 49.8 Å². The quantitative estimate of drug-likeness (QED) is 0.844. The summed E-state index contributed by atoms with van der Waals surface area (Å²) in [7, 11) is 0. The number of halogens is 1. The Bertz CT molecular complexity index is 276. The lowest BCUT2D eigenvalue weighted by molar-refractivity contribution is 0.761. The molecule has 1 aromatic rings. The summed E-state index contributed by atoms with van der Waals surface area (Å²) < 4.78 is 1.16. The monoisotopic (exact) mass is 278 g/mol. The zero-order chi connectivity index (χ0) is 8.27. The van der Waals surface area contributed by atoms with E-state index in [-0.39, 0.29) is 6.04 Å². The zero-order valence-electron chi connectivity index (χ0n) is 5.75. The van der Waals surface area contributed by atoms with Gasteiger partial charge in [-0.05, 0) is 34.0 Å². The van der Waals surface area contributed by atoms with Crippen molar-refractivity contribution >= 4 is 33.9 Å². The second kappa shape index (κ2) is 4.04. The predicted octanol–water partition coefficient (Wildman–Crippen LogP) is 2.27. The van der Waals surface area contributed by atoms with Gasteiger partial charge in [-0.1, -0.05) is 0 Å². The van der Waals surface area contributed by atoms with Gasteiger partial charge in [-0.25, -0.2) is 0 Å². The van der Waals surface area contributed by atoms with Crippen LogP contribution in [0.4, 0.5) is 0 Å². The van der Waals surface area contributed by atoms with Crippen molar-refractivity contribution in [3.05, 3.63) is 19.9 Å². The minimum Gasteiger partial charge on any atom is -0.322 e. The van der Waals surface area contributed by atoms with Gasteiger partial charge in [0.05, 0.1) is 18.5 Å². The Morgan fingerprint density at radius 3 is 3.00 bits per heavy atom. The van der Waals surface area contributed by atoms with Crippen LogP contribution < -0.4 is 5.73 Å². The van der Waals surface area contributed by atoms with E-state index in [2.05, 4.69) is 28.7 Å². The highest BCUT2D eigenvalue weighted by Gasteiger charge is 2.09. The fourth-order valence-corrected chi connectivity index (χ4v) is 2.76. The van der Waals surface area contributed by atoms with Gasteiger partial charge in [-0.2, -0.15) is 5.26 Å². The van der Waals surface area contributed by atoms with Crippen molar-refractivity contribution < 1.29 is 0 Å². The summed E-state index contributed by atoms with van der Waals surface area (Å²) in [5.74, 6) is 0. The molecule has 1 rings (SSSR count). The largest absolute Gasteiger partial charge is 0.322 e. The first-order valence-electron chi connectivity index (χ1n) is 3.11. The van der Waals surface area contributed by atoms with Crippen molar-refractivity contribution in [2.24, 2.45) is 5.73 Å². The Morgan fingerprint density at radius 2 is 2.55 bits per heavy atom. The van der Waals surface area contributed by atoms with Crippen molar-refractivity contribution in [1.82, 2.24) is 0 Å². The van der Waals surface area contributed by atoms with Gasteiger partial charge in [0.15, 0.2) is 0 Å². The van der Waals surface area contributed by atoms with Gasteiger partial charge in [0.1, 0.15) is 0 Å². The van der Waals surface area contributed by atoms with Crippen molar-refractivity contribution in [3.63, 3.8) is 0 Å². The first-order valence-corrected chi connectivity index (χ1v) is 5.07. The Balaban J connectivity index is 2.77. The molecule has 58 valence electrons. The first-order chi connectivity index (χ1) is 5.25. The van der Waals surface area contributed by atoms with E-state index in [1.54, 1.807) is 11.3 Å². The molecule has 0 spiro atoms. The molecule has 0 aliphatic heterocycles. The van der Waals surface area contributed by atoms with E-state index in [0.29, 0.717) is 6.42 Å². The molecule has 0 aliphatic rings. The number of nitriles is 1. The fraction of sp³-hybridized carbons (Fsp3) is 0.286. The molecule has 1 heterocycles. The van der Waals surface area contributed by atoms with E-state index in [4.69, 9.17) is 11.0 Å². The minimum atomic E-state index is -0.105. The summed E-state index contributed by atoms with van der Waals surface area (Å²) in [4.78, 5) is 1.12. The molecule has 1 unspecified atom stereocenters. The van der Waals surface area contributed by atoms with E-state index < -0.39 is 0 Å². The average Bonchev–Trinajstić information content (AvgIpc) is 2.36. The first kappa shape index (κ1) is 8.97. The summed E-state index contributed by atoms with van der Waals surface area (Å²) in [6, 6.07) is 3.97. The second-order valence-electron chi connectivity index (χ2n) is 2.10. The third kappa shape index (κ3) is 2.15. The van der Waals surface area contributed by atoms with Crippen LogP contribution >= 0.6 is 33.9 Å². The number of rotatable bonds is 2.